The van der Waals surface area contributed by atoms with Crippen LogP contribution < -0.4 is 10.6 Å². The fourth-order valence-corrected chi connectivity index (χ4v) is 2.48. The van der Waals surface area contributed by atoms with Gasteiger partial charge in [0, 0.05) is 12.1 Å². The molecule has 1 aromatic rings. The van der Waals surface area contributed by atoms with Gasteiger partial charge in [0.05, 0.1) is 22.1 Å². The maximum Gasteiger partial charge on any atom is 0.316 e. The number of amides is 2. The van der Waals surface area contributed by atoms with Crippen LogP contribution in [0.3, 0.4) is 0 Å². The third-order valence-corrected chi connectivity index (χ3v) is 3.70. The van der Waals surface area contributed by atoms with Gasteiger partial charge in [0.25, 0.3) is 11.6 Å². The van der Waals surface area contributed by atoms with E-state index in [1.54, 1.807) is 19.9 Å². The summed E-state index contributed by atoms with van der Waals surface area (Å²) in [5.74, 6) is -1.82. The number of rotatable bonds is 9. The van der Waals surface area contributed by atoms with Crippen LogP contribution in [-0.2, 0) is 19.1 Å². The summed E-state index contributed by atoms with van der Waals surface area (Å²) in [6.45, 7) is 2.84. The van der Waals surface area contributed by atoms with Crippen LogP contribution in [-0.4, -0.2) is 47.7 Å². The third-order valence-electron chi connectivity index (χ3n) is 2.67. The van der Waals surface area contributed by atoms with E-state index in [1.165, 1.54) is 18.2 Å². The molecule has 0 saturated carbocycles. The molecule has 0 saturated heterocycles. The summed E-state index contributed by atoms with van der Waals surface area (Å²) >= 11 is 0.948. The molecule has 1 aromatic carbocycles. The van der Waals surface area contributed by atoms with Gasteiger partial charge in [0.15, 0.2) is 6.61 Å². The molecule has 0 bridgehead atoms. The predicted molar refractivity (Wildman–Crippen MR) is 91.1 cm³/mol. The summed E-state index contributed by atoms with van der Waals surface area (Å²) in [4.78, 5) is 45.1. The number of carbonyl (C=O) groups is 3. The molecule has 0 unspecified atom stereocenters. The van der Waals surface area contributed by atoms with Crippen molar-refractivity contribution in [1.82, 2.24) is 10.6 Å². The van der Waals surface area contributed by atoms with Crippen molar-refractivity contribution in [3.8, 4) is 0 Å². The van der Waals surface area contributed by atoms with E-state index >= 15 is 0 Å². The van der Waals surface area contributed by atoms with Crippen LogP contribution in [0.25, 0.3) is 0 Å². The Hall–Kier alpha value is -2.62. The standard InChI is InChI=1S/C15H19N3O6S/c1-10(2)17-13(19)7-16-14(20)8-24-15(21)9-25-12-6-4-3-5-11(12)18(22)23/h3-6,10H,7-9H2,1-2H3,(H,16,20)(H,17,19). The summed E-state index contributed by atoms with van der Waals surface area (Å²) < 4.78 is 4.77. The average molecular weight is 369 g/mol. The minimum absolute atomic E-state index is 0.0405. The number of nitro benzene ring substituents is 1. The number of hydrogen-bond acceptors (Lipinski definition) is 7. The Kier molecular flexibility index (Phi) is 8.40. The summed E-state index contributed by atoms with van der Waals surface area (Å²) in [7, 11) is 0. The Morgan fingerprint density at radius 3 is 2.56 bits per heavy atom. The predicted octanol–water partition coefficient (Wildman–Crippen LogP) is 0.871. The Balaban J connectivity index is 2.32. The summed E-state index contributed by atoms with van der Waals surface area (Å²) in [6, 6.07) is 5.97. The SMILES string of the molecule is CC(C)NC(=O)CNC(=O)COC(=O)CSc1ccccc1[N+](=O)[O-]. The van der Waals surface area contributed by atoms with E-state index in [2.05, 4.69) is 10.6 Å². The molecule has 2 amide bonds. The van der Waals surface area contributed by atoms with E-state index in [0.717, 1.165) is 11.8 Å². The second kappa shape index (κ2) is 10.3. The van der Waals surface area contributed by atoms with E-state index in [1.807, 2.05) is 0 Å². The molecule has 0 spiro atoms. The molecule has 1 rings (SSSR count). The molecule has 0 aliphatic carbocycles. The number of nitrogens with zero attached hydrogens (tertiary/aromatic N) is 1. The lowest BCUT2D eigenvalue weighted by Gasteiger charge is -2.09. The van der Waals surface area contributed by atoms with Gasteiger partial charge in [0.2, 0.25) is 5.91 Å². The minimum Gasteiger partial charge on any atom is -0.455 e. The van der Waals surface area contributed by atoms with Gasteiger partial charge in [-0.2, -0.15) is 0 Å². The molecule has 0 heterocycles. The zero-order valence-electron chi connectivity index (χ0n) is 13.8. The van der Waals surface area contributed by atoms with Crippen molar-refractivity contribution in [2.45, 2.75) is 24.8 Å². The topological polar surface area (TPSA) is 128 Å². The van der Waals surface area contributed by atoms with Crippen LogP contribution in [0.15, 0.2) is 29.2 Å². The quantitative estimate of drug-likeness (QED) is 0.286. The number of hydrogen-bond donors (Lipinski definition) is 2. The van der Waals surface area contributed by atoms with Gasteiger partial charge < -0.3 is 15.4 Å². The number of nitro groups is 1. The molecule has 0 atom stereocenters. The minimum atomic E-state index is -0.690. The normalized spacial score (nSPS) is 10.2. The largest absolute Gasteiger partial charge is 0.455 e. The Morgan fingerprint density at radius 1 is 1.24 bits per heavy atom. The first kappa shape index (κ1) is 20.4. The molecule has 0 aliphatic heterocycles. The summed E-state index contributed by atoms with van der Waals surface area (Å²) in [6.07, 6.45) is 0. The van der Waals surface area contributed by atoms with E-state index in [-0.39, 0.29) is 29.9 Å². The molecule has 0 radical (unpaired) electrons. The van der Waals surface area contributed by atoms with Gasteiger partial charge in [-0.05, 0) is 19.9 Å². The number of carbonyl (C=O) groups excluding carboxylic acids is 3. The maximum absolute atomic E-state index is 11.6. The molecule has 136 valence electrons. The fourth-order valence-electron chi connectivity index (χ4n) is 1.66. The lowest BCUT2D eigenvalue weighted by molar-refractivity contribution is -0.387. The van der Waals surface area contributed by atoms with Gasteiger partial charge in [0.1, 0.15) is 0 Å². The van der Waals surface area contributed by atoms with E-state index in [9.17, 15) is 24.5 Å². The van der Waals surface area contributed by atoms with E-state index in [0.29, 0.717) is 4.90 Å². The van der Waals surface area contributed by atoms with Crippen LogP contribution in [0, 0.1) is 10.1 Å². The van der Waals surface area contributed by atoms with Crippen molar-refractivity contribution in [1.29, 1.82) is 0 Å². The molecule has 9 nitrogen and oxygen atoms in total. The molecule has 0 aliphatic rings. The van der Waals surface area contributed by atoms with Crippen LogP contribution in [0.5, 0.6) is 0 Å². The van der Waals surface area contributed by atoms with Gasteiger partial charge >= 0.3 is 5.97 Å². The van der Waals surface area contributed by atoms with Crippen molar-refractivity contribution in [2.24, 2.45) is 0 Å². The average Bonchev–Trinajstić information content (AvgIpc) is 2.55. The highest BCUT2D eigenvalue weighted by Gasteiger charge is 2.15. The number of ether oxygens (including phenoxy) is 1. The van der Waals surface area contributed by atoms with Crippen molar-refractivity contribution in [2.75, 3.05) is 18.9 Å². The highest BCUT2D eigenvalue weighted by atomic mass is 32.2. The van der Waals surface area contributed by atoms with Crippen LogP contribution >= 0.6 is 11.8 Å². The number of esters is 1. The molecule has 0 aromatic heterocycles. The molecule has 2 N–H and O–H groups in total. The van der Waals surface area contributed by atoms with Crippen LogP contribution in [0.2, 0.25) is 0 Å². The van der Waals surface area contributed by atoms with Crippen molar-refractivity contribution in [3.63, 3.8) is 0 Å². The van der Waals surface area contributed by atoms with Crippen LogP contribution in [0.1, 0.15) is 13.8 Å². The van der Waals surface area contributed by atoms with Crippen LogP contribution in [0.4, 0.5) is 5.69 Å². The zero-order chi connectivity index (χ0) is 18.8. The molecule has 25 heavy (non-hydrogen) atoms. The van der Waals surface area contributed by atoms with Gasteiger partial charge in [-0.1, -0.05) is 12.1 Å². The second-order valence-corrected chi connectivity index (χ2v) is 6.19. The van der Waals surface area contributed by atoms with Gasteiger partial charge in [-0.3, -0.25) is 24.5 Å². The lowest BCUT2D eigenvalue weighted by Crippen LogP contribution is -2.41. The van der Waals surface area contributed by atoms with Crippen molar-refractivity contribution in [3.05, 3.63) is 34.4 Å². The van der Waals surface area contributed by atoms with Crippen molar-refractivity contribution >= 4 is 35.2 Å². The van der Waals surface area contributed by atoms with E-state index < -0.39 is 23.4 Å². The highest BCUT2D eigenvalue weighted by molar-refractivity contribution is 8.00. The van der Waals surface area contributed by atoms with E-state index in [4.69, 9.17) is 4.74 Å². The first-order valence-corrected chi connectivity index (χ1v) is 8.36. The molecule has 0 fully saturated rings. The second-order valence-electron chi connectivity index (χ2n) is 5.17. The molecular formula is C15H19N3O6S. The number of para-hydroxylation sites is 1. The number of nitrogens with one attached hydrogen (secondary N) is 2. The Labute approximate surface area is 148 Å². The number of thioether (sulfide) groups is 1. The Morgan fingerprint density at radius 2 is 1.92 bits per heavy atom. The molecular weight excluding hydrogens is 350 g/mol. The van der Waals surface area contributed by atoms with Crippen molar-refractivity contribution < 1.29 is 24.0 Å². The lowest BCUT2D eigenvalue weighted by atomic mass is 10.3. The number of benzene rings is 1. The smallest absolute Gasteiger partial charge is 0.316 e. The molecule has 10 heteroatoms. The first-order valence-electron chi connectivity index (χ1n) is 7.37. The first-order chi connectivity index (χ1) is 11.8. The third kappa shape index (κ3) is 8.15. The maximum atomic E-state index is 11.6. The summed E-state index contributed by atoms with van der Waals surface area (Å²) in [5.41, 5.74) is -0.103. The Bertz CT molecular complexity index is 650. The zero-order valence-corrected chi connectivity index (χ0v) is 14.6. The summed E-state index contributed by atoms with van der Waals surface area (Å²) in [5, 5.41) is 15.8. The highest BCUT2D eigenvalue weighted by Crippen LogP contribution is 2.28. The van der Waals surface area contributed by atoms with Gasteiger partial charge in [-0.25, -0.2) is 0 Å². The monoisotopic (exact) mass is 369 g/mol. The van der Waals surface area contributed by atoms with Gasteiger partial charge in [-0.15, -0.1) is 11.8 Å². The fraction of sp³-hybridized carbons (Fsp3) is 0.400.